The Morgan fingerprint density at radius 2 is 2.56 bits per heavy atom. The van der Waals surface area contributed by atoms with Crippen molar-refractivity contribution in [1.82, 2.24) is 10.2 Å². The number of carbonyl (C=O) groups is 1. The van der Waals surface area contributed by atoms with Crippen LogP contribution in [0.3, 0.4) is 0 Å². The third-order valence-corrected chi connectivity index (χ3v) is 1.20. The Labute approximate surface area is 53.1 Å². The van der Waals surface area contributed by atoms with Crippen LogP contribution in [-0.2, 0) is 0 Å². The number of hydrogen-bond acceptors (Lipinski definition) is 2. The Kier molecular flexibility index (Phi) is 1.54. The number of carbonyl (C=O) groups excluding carboxylic acids is 1. The van der Waals surface area contributed by atoms with Crippen molar-refractivity contribution in [3.05, 3.63) is 0 Å². The van der Waals surface area contributed by atoms with Gasteiger partial charge in [0, 0.05) is 13.1 Å². The molecule has 0 aromatic heterocycles. The first-order valence-electron chi connectivity index (χ1n) is 2.79. The van der Waals surface area contributed by atoms with Gasteiger partial charge in [0.1, 0.15) is 0 Å². The normalized spacial score (nSPS) is 18.6. The molecule has 0 spiro atoms. The molecule has 9 heavy (non-hydrogen) atoms. The zero-order valence-corrected chi connectivity index (χ0v) is 4.92. The third kappa shape index (κ3) is 1.11. The second kappa shape index (κ2) is 2.35. The van der Waals surface area contributed by atoms with E-state index in [1.807, 2.05) is 0 Å². The van der Waals surface area contributed by atoms with Crippen molar-refractivity contribution in [2.75, 3.05) is 13.1 Å². The quantitative estimate of drug-likeness (QED) is 0.459. The maximum Gasteiger partial charge on any atom is 0.330 e. The van der Waals surface area contributed by atoms with Crippen LogP contribution >= 0.6 is 0 Å². The van der Waals surface area contributed by atoms with E-state index < -0.39 is 0 Å². The molecule has 1 aliphatic rings. The van der Waals surface area contributed by atoms with Crippen molar-refractivity contribution in [2.45, 2.75) is 6.42 Å². The molecule has 0 radical (unpaired) electrons. The molecule has 1 fully saturated rings. The van der Waals surface area contributed by atoms with Gasteiger partial charge in [-0.2, -0.15) is 5.26 Å². The first-order chi connectivity index (χ1) is 4.34. The third-order valence-electron chi connectivity index (χ3n) is 1.20. The molecule has 48 valence electrons. The molecule has 1 saturated heterocycles. The van der Waals surface area contributed by atoms with Crippen molar-refractivity contribution >= 4 is 6.03 Å². The topological polar surface area (TPSA) is 56.1 Å². The van der Waals surface area contributed by atoms with Gasteiger partial charge in [-0.05, 0) is 6.42 Å². The second-order valence-corrected chi connectivity index (χ2v) is 1.84. The van der Waals surface area contributed by atoms with E-state index in [2.05, 4.69) is 5.32 Å². The molecule has 4 heteroatoms. The fraction of sp³-hybridized carbons (Fsp3) is 0.600. The van der Waals surface area contributed by atoms with E-state index in [0.29, 0.717) is 13.1 Å². The highest BCUT2D eigenvalue weighted by molar-refractivity contribution is 5.76. The summed E-state index contributed by atoms with van der Waals surface area (Å²) >= 11 is 0. The number of nitriles is 1. The molecule has 4 nitrogen and oxygen atoms in total. The summed E-state index contributed by atoms with van der Waals surface area (Å²) in [5.74, 6) is 0. The predicted octanol–water partition coefficient (Wildman–Crippen LogP) is -0.117. The Hall–Kier alpha value is -1.24. The molecule has 0 aliphatic carbocycles. The van der Waals surface area contributed by atoms with Gasteiger partial charge in [0.05, 0.1) is 0 Å². The number of nitrogens with zero attached hydrogens (tertiary/aromatic N) is 2. The van der Waals surface area contributed by atoms with E-state index in [4.69, 9.17) is 5.26 Å². The number of hydrogen-bond donors (Lipinski definition) is 1. The zero-order chi connectivity index (χ0) is 6.69. The minimum atomic E-state index is -0.274. The predicted molar refractivity (Wildman–Crippen MR) is 30.3 cm³/mol. The number of nitrogens with one attached hydrogen (secondary N) is 1. The molecule has 0 aromatic carbocycles. The average Bonchev–Trinajstić information content (AvgIpc) is 1.89. The van der Waals surface area contributed by atoms with Crippen LogP contribution in [0.1, 0.15) is 6.42 Å². The summed E-state index contributed by atoms with van der Waals surface area (Å²) in [4.78, 5) is 11.7. The van der Waals surface area contributed by atoms with Gasteiger partial charge in [-0.15, -0.1) is 0 Å². The molecule has 0 unspecified atom stereocenters. The summed E-state index contributed by atoms with van der Waals surface area (Å²) in [6, 6.07) is -0.274. The molecule has 1 aliphatic heterocycles. The summed E-state index contributed by atoms with van der Waals surface area (Å²) in [5.41, 5.74) is 0. The highest BCUT2D eigenvalue weighted by Gasteiger charge is 2.15. The Bertz CT molecular complexity index is 160. The summed E-state index contributed by atoms with van der Waals surface area (Å²) in [6.07, 6.45) is 2.64. The summed E-state index contributed by atoms with van der Waals surface area (Å²) < 4.78 is 0. The number of amides is 2. The zero-order valence-electron chi connectivity index (χ0n) is 4.92. The van der Waals surface area contributed by atoms with Crippen LogP contribution in [0, 0.1) is 11.5 Å². The summed E-state index contributed by atoms with van der Waals surface area (Å²) in [5, 5.41) is 10.8. The van der Waals surface area contributed by atoms with E-state index in [-0.39, 0.29) is 6.03 Å². The van der Waals surface area contributed by atoms with Gasteiger partial charge in [0.15, 0.2) is 6.19 Å². The Morgan fingerprint density at radius 3 is 3.00 bits per heavy atom. The van der Waals surface area contributed by atoms with Crippen molar-refractivity contribution in [3.8, 4) is 6.19 Å². The van der Waals surface area contributed by atoms with E-state index >= 15 is 0 Å². The highest BCUT2D eigenvalue weighted by atomic mass is 16.2. The van der Waals surface area contributed by atoms with Crippen molar-refractivity contribution < 1.29 is 4.79 Å². The van der Waals surface area contributed by atoms with Crippen LogP contribution in [0.4, 0.5) is 4.79 Å². The summed E-state index contributed by atoms with van der Waals surface area (Å²) in [7, 11) is 0. The van der Waals surface area contributed by atoms with Crippen molar-refractivity contribution in [2.24, 2.45) is 0 Å². The standard InChI is InChI=1S/C5H7N3O/c6-4-8-3-1-2-7-5(8)9/h1-3H2,(H,7,9). The average molecular weight is 125 g/mol. The van der Waals surface area contributed by atoms with Crippen molar-refractivity contribution in [3.63, 3.8) is 0 Å². The molecule has 1 heterocycles. The molecule has 0 atom stereocenters. The molecule has 0 saturated carbocycles. The van der Waals surface area contributed by atoms with Crippen LogP contribution in [-0.4, -0.2) is 24.0 Å². The Balaban J connectivity index is 2.51. The molecule has 1 N–H and O–H groups in total. The van der Waals surface area contributed by atoms with Gasteiger partial charge in [0.2, 0.25) is 0 Å². The van der Waals surface area contributed by atoms with Crippen molar-refractivity contribution in [1.29, 1.82) is 5.26 Å². The first-order valence-corrected chi connectivity index (χ1v) is 2.79. The number of urea groups is 1. The highest BCUT2D eigenvalue weighted by Crippen LogP contribution is 1.95. The van der Waals surface area contributed by atoms with Gasteiger partial charge in [0.25, 0.3) is 0 Å². The molecule has 0 aromatic rings. The molecular weight excluding hydrogens is 118 g/mol. The van der Waals surface area contributed by atoms with Crippen LogP contribution in [0.2, 0.25) is 0 Å². The fourth-order valence-corrected chi connectivity index (χ4v) is 0.725. The lowest BCUT2D eigenvalue weighted by molar-refractivity contribution is 0.208. The molecule has 1 rings (SSSR count). The molecular formula is C5H7N3O. The lowest BCUT2D eigenvalue weighted by Crippen LogP contribution is -2.43. The largest absolute Gasteiger partial charge is 0.337 e. The van der Waals surface area contributed by atoms with Gasteiger partial charge in [-0.3, -0.25) is 0 Å². The van der Waals surface area contributed by atoms with E-state index in [1.54, 1.807) is 6.19 Å². The van der Waals surface area contributed by atoms with E-state index in [0.717, 1.165) is 11.3 Å². The molecule has 2 amide bonds. The maximum absolute atomic E-state index is 10.6. The van der Waals surface area contributed by atoms with Gasteiger partial charge < -0.3 is 5.32 Å². The van der Waals surface area contributed by atoms with Crippen LogP contribution < -0.4 is 5.32 Å². The SMILES string of the molecule is N#CN1CCCNC1=O. The van der Waals surface area contributed by atoms with Gasteiger partial charge in [-0.25, -0.2) is 9.69 Å². The summed E-state index contributed by atoms with van der Waals surface area (Å²) in [6.45, 7) is 1.25. The lowest BCUT2D eigenvalue weighted by atomic mass is 10.3. The van der Waals surface area contributed by atoms with Crippen LogP contribution in [0.25, 0.3) is 0 Å². The van der Waals surface area contributed by atoms with Crippen LogP contribution in [0.15, 0.2) is 0 Å². The van der Waals surface area contributed by atoms with Gasteiger partial charge >= 0.3 is 6.03 Å². The first kappa shape index (κ1) is 5.89. The Morgan fingerprint density at radius 1 is 1.78 bits per heavy atom. The van der Waals surface area contributed by atoms with Gasteiger partial charge in [-0.1, -0.05) is 0 Å². The maximum atomic E-state index is 10.6. The number of rotatable bonds is 0. The minimum absolute atomic E-state index is 0.274. The smallest absolute Gasteiger partial charge is 0.330 e. The van der Waals surface area contributed by atoms with Crippen LogP contribution in [0.5, 0.6) is 0 Å². The second-order valence-electron chi connectivity index (χ2n) is 1.84. The van der Waals surface area contributed by atoms with E-state index in [1.165, 1.54) is 0 Å². The monoisotopic (exact) mass is 125 g/mol. The fourth-order valence-electron chi connectivity index (χ4n) is 0.725. The minimum Gasteiger partial charge on any atom is -0.337 e. The lowest BCUT2D eigenvalue weighted by Gasteiger charge is -2.19. The van der Waals surface area contributed by atoms with E-state index in [9.17, 15) is 4.79 Å². The molecule has 0 bridgehead atoms.